The van der Waals surface area contributed by atoms with Gasteiger partial charge in [-0.05, 0) is 29.1 Å². The Morgan fingerprint density at radius 3 is 2.55 bits per heavy atom. The van der Waals surface area contributed by atoms with Crippen LogP contribution in [0.5, 0.6) is 5.75 Å². The molecule has 0 bridgehead atoms. The van der Waals surface area contributed by atoms with Crippen LogP contribution in [0.2, 0.25) is 5.15 Å². The molecule has 0 spiro atoms. The van der Waals surface area contributed by atoms with Crippen LogP contribution >= 0.6 is 30.5 Å². The molecular formula is C17H17ClN3O5PS2. The van der Waals surface area contributed by atoms with Gasteiger partial charge in [0.1, 0.15) is 9.99 Å². The molecule has 0 aliphatic heterocycles. The third-order valence-electron chi connectivity index (χ3n) is 3.80. The quantitative estimate of drug-likeness (QED) is 0.275. The Balaban J connectivity index is 1.98. The molecule has 0 amide bonds. The third-order valence-corrected chi connectivity index (χ3v) is 8.95. The van der Waals surface area contributed by atoms with Crippen LogP contribution in [-0.4, -0.2) is 19.2 Å². The van der Waals surface area contributed by atoms with Crippen molar-refractivity contribution in [3.8, 4) is 5.75 Å². The molecule has 2 aromatic heterocycles. The first kappa shape index (κ1) is 21.9. The van der Waals surface area contributed by atoms with Gasteiger partial charge >= 0.3 is 7.60 Å². The van der Waals surface area contributed by atoms with Crippen molar-refractivity contribution in [1.82, 2.24) is 9.71 Å². The van der Waals surface area contributed by atoms with Gasteiger partial charge in [-0.15, -0.1) is 11.3 Å². The van der Waals surface area contributed by atoms with E-state index in [-0.39, 0.29) is 21.5 Å². The lowest BCUT2D eigenvalue weighted by Crippen LogP contribution is -2.38. The molecule has 3 N–H and O–H groups in total. The number of nitrogens with two attached hydrogens (primary N) is 1. The summed E-state index contributed by atoms with van der Waals surface area (Å²) >= 11 is 6.99. The normalized spacial score (nSPS) is 14.8. The van der Waals surface area contributed by atoms with Gasteiger partial charge in [0.05, 0.1) is 0 Å². The highest BCUT2D eigenvalue weighted by Gasteiger charge is 2.41. The molecule has 0 fully saturated rings. The molecule has 0 radical (unpaired) electrons. The summed E-state index contributed by atoms with van der Waals surface area (Å²) in [6.07, 6.45) is 1.42. The first-order valence-corrected chi connectivity index (χ1v) is 12.6. The number of nitrogens with one attached hydrogen (secondary N) is 1. The van der Waals surface area contributed by atoms with E-state index in [1.807, 2.05) is 0 Å². The van der Waals surface area contributed by atoms with Crippen molar-refractivity contribution in [3.05, 3.63) is 76.9 Å². The van der Waals surface area contributed by atoms with E-state index in [4.69, 9.17) is 26.6 Å². The number of thiophene rings is 1. The van der Waals surface area contributed by atoms with E-state index in [0.29, 0.717) is 5.56 Å². The number of nitrogens with zero attached hydrogens (tertiary/aromatic N) is 1. The van der Waals surface area contributed by atoms with Crippen molar-refractivity contribution < 1.29 is 22.1 Å². The molecule has 0 saturated heterocycles. The number of pyridine rings is 1. The van der Waals surface area contributed by atoms with Gasteiger partial charge in [0.15, 0.2) is 10.9 Å². The number of aromatic nitrogens is 1. The topological polar surface area (TPSA) is 121 Å². The Morgan fingerprint density at radius 2 is 1.93 bits per heavy atom. The fourth-order valence-corrected chi connectivity index (χ4v) is 6.84. The van der Waals surface area contributed by atoms with Gasteiger partial charge in [0.25, 0.3) is 10.0 Å². The minimum atomic E-state index is -4.26. The van der Waals surface area contributed by atoms with Crippen LogP contribution in [0, 0.1) is 0 Å². The van der Waals surface area contributed by atoms with Gasteiger partial charge in [0, 0.05) is 12.6 Å². The van der Waals surface area contributed by atoms with Gasteiger partial charge < -0.3 is 4.52 Å². The van der Waals surface area contributed by atoms with Crippen LogP contribution in [0.4, 0.5) is 0 Å². The second-order valence-electron chi connectivity index (χ2n) is 5.79. The molecule has 154 valence electrons. The fraction of sp³-hybridized carbons (Fsp3) is 0.118. The van der Waals surface area contributed by atoms with E-state index < -0.39 is 23.4 Å². The Kier molecular flexibility index (Phi) is 7.07. The lowest BCUT2D eigenvalue weighted by atomic mass is 10.1. The zero-order chi connectivity index (χ0) is 20.9. The molecule has 29 heavy (non-hydrogen) atoms. The molecule has 0 aliphatic rings. The van der Waals surface area contributed by atoms with Gasteiger partial charge in [0.2, 0.25) is 0 Å². The van der Waals surface area contributed by atoms with E-state index in [0.717, 1.165) is 11.3 Å². The van der Waals surface area contributed by atoms with Crippen LogP contribution in [0.25, 0.3) is 0 Å². The monoisotopic (exact) mass is 473 g/mol. The molecule has 12 heteroatoms. The minimum absolute atomic E-state index is 0.00218. The first-order valence-electron chi connectivity index (χ1n) is 8.22. The maximum Gasteiger partial charge on any atom is 0.413 e. The molecule has 1 aromatic carbocycles. The van der Waals surface area contributed by atoms with Crippen molar-refractivity contribution in [2.75, 3.05) is 0 Å². The number of hydrogen-bond donors (Lipinski definition) is 2. The van der Waals surface area contributed by atoms with E-state index in [2.05, 4.69) is 9.71 Å². The van der Waals surface area contributed by atoms with E-state index in [9.17, 15) is 13.0 Å². The number of sulfonamides is 1. The Hall–Kier alpha value is -1.78. The summed E-state index contributed by atoms with van der Waals surface area (Å²) in [7, 11) is -8.26. The summed E-state index contributed by atoms with van der Waals surface area (Å²) in [5, 5.41) is 1.55. The maximum absolute atomic E-state index is 13.5. The summed E-state index contributed by atoms with van der Waals surface area (Å²) < 4.78 is 51.6. The van der Waals surface area contributed by atoms with Crippen LogP contribution in [0.1, 0.15) is 5.56 Å². The molecule has 0 saturated carbocycles. The van der Waals surface area contributed by atoms with Gasteiger partial charge in [-0.2, -0.15) is 4.72 Å². The number of hydrogen-bond acceptors (Lipinski definition) is 8. The third kappa shape index (κ3) is 5.43. The summed E-state index contributed by atoms with van der Waals surface area (Å²) in [6.45, 7) is 0. The average molecular weight is 474 g/mol. The molecule has 2 heterocycles. The second kappa shape index (κ2) is 9.36. The molecule has 0 aliphatic carbocycles. The summed E-state index contributed by atoms with van der Waals surface area (Å²) in [5.41, 5.74) is 0.699. The zero-order valence-corrected chi connectivity index (χ0v) is 18.1. The van der Waals surface area contributed by atoms with Crippen molar-refractivity contribution in [3.63, 3.8) is 0 Å². The molecule has 3 aromatic rings. The highest BCUT2D eigenvalue weighted by molar-refractivity contribution is 7.91. The summed E-state index contributed by atoms with van der Waals surface area (Å²) in [6, 6.07) is 14.8. The zero-order valence-electron chi connectivity index (χ0n) is 14.8. The predicted octanol–water partition coefficient (Wildman–Crippen LogP) is 3.81. The van der Waals surface area contributed by atoms with Gasteiger partial charge in [-0.1, -0.05) is 48.0 Å². The SMILES string of the molecule is NOP(=O)(Oc1cccnc1Cl)C(Cc1ccccc1)NS(=O)(=O)c1cccs1. The lowest BCUT2D eigenvalue weighted by molar-refractivity contribution is 0.261. The fourth-order valence-electron chi connectivity index (χ4n) is 2.44. The molecule has 2 unspecified atom stereocenters. The van der Waals surface area contributed by atoms with Crippen molar-refractivity contribution in [2.45, 2.75) is 16.4 Å². The highest BCUT2D eigenvalue weighted by atomic mass is 35.5. The highest BCUT2D eigenvalue weighted by Crippen LogP contribution is 2.52. The molecule has 2 atom stereocenters. The molecule has 3 rings (SSSR count). The van der Waals surface area contributed by atoms with E-state index >= 15 is 0 Å². The summed E-state index contributed by atoms with van der Waals surface area (Å²) in [5.74, 6) is 3.95. The van der Waals surface area contributed by atoms with Crippen molar-refractivity contribution >= 4 is 40.6 Å². The largest absolute Gasteiger partial charge is 0.419 e. The van der Waals surface area contributed by atoms with E-state index in [1.54, 1.807) is 41.8 Å². The number of benzene rings is 1. The van der Waals surface area contributed by atoms with Crippen LogP contribution < -0.4 is 15.1 Å². The molecule has 8 nitrogen and oxygen atoms in total. The molecular weight excluding hydrogens is 457 g/mol. The van der Waals surface area contributed by atoms with E-state index in [1.165, 1.54) is 24.4 Å². The smallest absolute Gasteiger partial charge is 0.413 e. The van der Waals surface area contributed by atoms with Crippen molar-refractivity contribution in [2.24, 2.45) is 5.90 Å². The van der Waals surface area contributed by atoms with Crippen LogP contribution in [0.3, 0.4) is 0 Å². The first-order chi connectivity index (χ1) is 13.8. The maximum atomic E-state index is 13.5. The van der Waals surface area contributed by atoms with Crippen molar-refractivity contribution in [1.29, 1.82) is 0 Å². The van der Waals surface area contributed by atoms with Gasteiger partial charge in [-0.25, -0.2) is 28.5 Å². The van der Waals surface area contributed by atoms with Gasteiger partial charge in [-0.3, -0.25) is 0 Å². The second-order valence-corrected chi connectivity index (χ2v) is 11.1. The number of rotatable bonds is 9. The lowest BCUT2D eigenvalue weighted by Gasteiger charge is -2.26. The number of halogens is 1. The average Bonchev–Trinajstić information content (AvgIpc) is 3.26. The Morgan fingerprint density at radius 1 is 1.17 bits per heavy atom. The standard InChI is InChI=1S/C17H17ClN3O5PS2/c18-17-14(8-4-10-20-17)25-27(22,26-19)15(12-13-6-2-1-3-7-13)21-29(23,24)16-9-5-11-28-16/h1-11,15,21H,12,19H2. The predicted molar refractivity (Wildman–Crippen MR) is 111 cm³/mol. The van der Waals surface area contributed by atoms with Crippen LogP contribution in [-0.2, 0) is 25.6 Å². The Bertz CT molecular complexity index is 1100. The Labute approximate surface area is 177 Å². The van der Waals surface area contributed by atoms with Crippen LogP contribution in [0.15, 0.2) is 70.4 Å². The summed E-state index contributed by atoms with van der Waals surface area (Å²) in [4.78, 5) is 3.84. The minimum Gasteiger partial charge on any atom is -0.419 e.